The zero-order chi connectivity index (χ0) is 18.6. The Hall–Kier alpha value is -1.91. The standard InChI is InChI=1S/C20H32N2O3/c1-13-8-15(12-20(2,3)11-13)22-17-10-18(24-4)14(9-16(17)21)6-7-19(23)25-5/h9-10,13,15,22H,6-8,11-12,21H2,1-5H3. The highest BCUT2D eigenvalue weighted by molar-refractivity contribution is 5.72. The van der Waals surface area contributed by atoms with Crippen LogP contribution in [0.5, 0.6) is 5.75 Å². The first kappa shape index (κ1) is 19.4. The molecule has 0 amide bonds. The number of esters is 1. The number of nitrogens with one attached hydrogen (secondary N) is 1. The molecule has 2 unspecified atom stereocenters. The first-order valence-corrected chi connectivity index (χ1v) is 9.04. The van der Waals surface area contributed by atoms with Crippen molar-refractivity contribution in [3.05, 3.63) is 17.7 Å². The van der Waals surface area contributed by atoms with Crippen LogP contribution in [0, 0.1) is 11.3 Å². The maximum absolute atomic E-state index is 11.4. The van der Waals surface area contributed by atoms with Crippen molar-refractivity contribution in [2.24, 2.45) is 11.3 Å². The Morgan fingerprint density at radius 2 is 2.04 bits per heavy atom. The minimum Gasteiger partial charge on any atom is -0.496 e. The molecule has 0 spiro atoms. The van der Waals surface area contributed by atoms with Crippen LogP contribution < -0.4 is 15.8 Å². The van der Waals surface area contributed by atoms with Crippen molar-refractivity contribution in [1.82, 2.24) is 0 Å². The van der Waals surface area contributed by atoms with Gasteiger partial charge in [0.25, 0.3) is 0 Å². The summed E-state index contributed by atoms with van der Waals surface area (Å²) in [5.74, 6) is 1.22. The summed E-state index contributed by atoms with van der Waals surface area (Å²) in [5.41, 5.74) is 9.14. The molecule has 1 aromatic rings. The van der Waals surface area contributed by atoms with Crippen LogP contribution in [0.15, 0.2) is 12.1 Å². The first-order valence-electron chi connectivity index (χ1n) is 9.04. The maximum atomic E-state index is 11.4. The van der Waals surface area contributed by atoms with Crippen LogP contribution in [0.25, 0.3) is 0 Å². The number of carbonyl (C=O) groups excluding carboxylic acids is 1. The fourth-order valence-corrected chi connectivity index (χ4v) is 4.17. The van der Waals surface area contributed by atoms with E-state index in [0.717, 1.165) is 29.8 Å². The molecule has 5 heteroatoms. The van der Waals surface area contributed by atoms with Gasteiger partial charge in [-0.1, -0.05) is 20.8 Å². The lowest BCUT2D eigenvalue weighted by atomic mass is 9.70. The molecule has 25 heavy (non-hydrogen) atoms. The Morgan fingerprint density at radius 1 is 1.32 bits per heavy atom. The lowest BCUT2D eigenvalue weighted by Crippen LogP contribution is -2.35. The summed E-state index contributed by atoms with van der Waals surface area (Å²) in [7, 11) is 3.04. The van der Waals surface area contributed by atoms with Gasteiger partial charge in [-0.3, -0.25) is 4.79 Å². The van der Waals surface area contributed by atoms with Gasteiger partial charge in [-0.25, -0.2) is 0 Å². The lowest BCUT2D eigenvalue weighted by molar-refractivity contribution is -0.140. The molecule has 0 aliphatic heterocycles. The molecule has 3 N–H and O–H groups in total. The smallest absolute Gasteiger partial charge is 0.305 e. The second-order valence-corrected chi connectivity index (χ2v) is 8.08. The molecular weight excluding hydrogens is 316 g/mol. The van der Waals surface area contributed by atoms with Crippen LogP contribution in [0.4, 0.5) is 11.4 Å². The van der Waals surface area contributed by atoms with Gasteiger partial charge >= 0.3 is 5.97 Å². The summed E-state index contributed by atoms with van der Waals surface area (Å²) >= 11 is 0. The van der Waals surface area contributed by atoms with Gasteiger partial charge < -0.3 is 20.5 Å². The summed E-state index contributed by atoms with van der Waals surface area (Å²) in [4.78, 5) is 11.4. The second-order valence-electron chi connectivity index (χ2n) is 8.08. The number of nitrogens with two attached hydrogens (primary N) is 1. The van der Waals surface area contributed by atoms with Gasteiger partial charge in [-0.15, -0.1) is 0 Å². The monoisotopic (exact) mass is 348 g/mol. The minimum absolute atomic E-state index is 0.235. The molecule has 0 bridgehead atoms. The Kier molecular flexibility index (Phi) is 6.20. The zero-order valence-corrected chi connectivity index (χ0v) is 16.1. The van der Waals surface area contributed by atoms with Crippen LogP contribution in [-0.4, -0.2) is 26.2 Å². The van der Waals surface area contributed by atoms with Crippen molar-refractivity contribution < 1.29 is 14.3 Å². The van der Waals surface area contributed by atoms with Crippen molar-refractivity contribution in [3.63, 3.8) is 0 Å². The topological polar surface area (TPSA) is 73.6 Å². The van der Waals surface area contributed by atoms with E-state index in [1.54, 1.807) is 7.11 Å². The maximum Gasteiger partial charge on any atom is 0.305 e. The Balaban J connectivity index is 2.14. The third-order valence-electron chi connectivity index (χ3n) is 5.03. The molecule has 5 nitrogen and oxygen atoms in total. The summed E-state index contributed by atoms with van der Waals surface area (Å²) in [6.45, 7) is 6.98. The van der Waals surface area contributed by atoms with Crippen molar-refractivity contribution >= 4 is 17.3 Å². The fraction of sp³-hybridized carbons (Fsp3) is 0.650. The van der Waals surface area contributed by atoms with E-state index in [9.17, 15) is 4.79 Å². The molecule has 1 aliphatic rings. The van der Waals surface area contributed by atoms with Crippen LogP contribution in [-0.2, 0) is 16.0 Å². The second kappa shape index (κ2) is 7.98. The lowest BCUT2D eigenvalue weighted by Gasteiger charge is -2.39. The molecule has 1 aliphatic carbocycles. The number of methoxy groups -OCH3 is 2. The molecule has 1 saturated carbocycles. The van der Waals surface area contributed by atoms with E-state index in [1.807, 2.05) is 12.1 Å². The average molecular weight is 348 g/mol. The van der Waals surface area contributed by atoms with E-state index in [0.29, 0.717) is 35.9 Å². The number of carbonyl (C=O) groups is 1. The van der Waals surface area contributed by atoms with Crippen molar-refractivity contribution in [3.8, 4) is 5.75 Å². The normalized spacial score (nSPS) is 22.3. The highest BCUT2D eigenvalue weighted by Gasteiger charge is 2.32. The van der Waals surface area contributed by atoms with Crippen LogP contribution in [0.2, 0.25) is 0 Å². The van der Waals surface area contributed by atoms with E-state index in [4.69, 9.17) is 15.2 Å². The molecule has 0 radical (unpaired) electrons. The van der Waals surface area contributed by atoms with Gasteiger partial charge in [0.1, 0.15) is 5.75 Å². The number of aryl methyl sites for hydroxylation is 1. The third kappa shape index (κ3) is 5.28. The molecule has 2 rings (SSSR count). The number of benzene rings is 1. The summed E-state index contributed by atoms with van der Waals surface area (Å²) < 4.78 is 10.2. The molecular formula is C20H32N2O3. The number of ether oxygens (including phenoxy) is 2. The van der Waals surface area contributed by atoms with E-state index >= 15 is 0 Å². The summed E-state index contributed by atoms with van der Waals surface area (Å²) in [5, 5.41) is 3.62. The highest BCUT2D eigenvalue weighted by atomic mass is 16.5. The van der Waals surface area contributed by atoms with Crippen LogP contribution in [0.3, 0.4) is 0 Å². The minimum atomic E-state index is -0.235. The Labute approximate surface area is 151 Å². The van der Waals surface area contributed by atoms with E-state index in [2.05, 4.69) is 26.1 Å². The molecule has 2 atom stereocenters. The molecule has 0 saturated heterocycles. The first-order chi connectivity index (χ1) is 11.7. The number of rotatable bonds is 6. The molecule has 1 aromatic carbocycles. The number of hydrogen-bond donors (Lipinski definition) is 2. The largest absolute Gasteiger partial charge is 0.496 e. The Bertz CT molecular complexity index is 613. The van der Waals surface area contributed by atoms with E-state index in [1.165, 1.54) is 13.5 Å². The van der Waals surface area contributed by atoms with Crippen LogP contribution in [0.1, 0.15) is 52.0 Å². The zero-order valence-electron chi connectivity index (χ0n) is 16.1. The van der Waals surface area contributed by atoms with Gasteiger partial charge in [0.05, 0.1) is 25.6 Å². The van der Waals surface area contributed by atoms with Gasteiger partial charge in [0.2, 0.25) is 0 Å². The quantitative estimate of drug-likeness (QED) is 0.600. The van der Waals surface area contributed by atoms with Gasteiger partial charge in [0, 0.05) is 18.5 Å². The predicted molar refractivity (Wildman–Crippen MR) is 102 cm³/mol. The number of hydrogen-bond acceptors (Lipinski definition) is 5. The Morgan fingerprint density at radius 3 is 2.64 bits per heavy atom. The van der Waals surface area contributed by atoms with Gasteiger partial charge in [-0.05, 0) is 48.6 Å². The van der Waals surface area contributed by atoms with Crippen molar-refractivity contribution in [2.45, 2.75) is 58.9 Å². The van der Waals surface area contributed by atoms with E-state index < -0.39 is 0 Å². The summed E-state index contributed by atoms with van der Waals surface area (Å²) in [6, 6.07) is 4.27. The molecule has 1 fully saturated rings. The number of anilines is 2. The molecule has 0 aromatic heterocycles. The third-order valence-corrected chi connectivity index (χ3v) is 5.03. The van der Waals surface area contributed by atoms with E-state index in [-0.39, 0.29) is 5.97 Å². The van der Waals surface area contributed by atoms with Gasteiger partial charge in [-0.2, -0.15) is 0 Å². The SMILES string of the molecule is COC(=O)CCc1cc(N)c(NC2CC(C)CC(C)(C)C2)cc1OC. The molecule has 0 heterocycles. The molecule has 140 valence electrons. The van der Waals surface area contributed by atoms with Crippen molar-refractivity contribution in [1.29, 1.82) is 0 Å². The average Bonchev–Trinajstić information content (AvgIpc) is 2.52. The summed E-state index contributed by atoms with van der Waals surface area (Å²) in [6.07, 6.45) is 4.40. The number of nitrogen functional groups attached to an aromatic ring is 1. The highest BCUT2D eigenvalue weighted by Crippen LogP contribution is 2.40. The van der Waals surface area contributed by atoms with Gasteiger partial charge in [0.15, 0.2) is 0 Å². The van der Waals surface area contributed by atoms with Crippen molar-refractivity contribution in [2.75, 3.05) is 25.3 Å². The van der Waals surface area contributed by atoms with Crippen LogP contribution >= 0.6 is 0 Å². The fourth-order valence-electron chi connectivity index (χ4n) is 4.17. The predicted octanol–water partition coefficient (Wildman–Crippen LogP) is 4.01.